The van der Waals surface area contributed by atoms with Gasteiger partial charge in [-0.1, -0.05) is 56.3 Å². The zero-order valence-corrected chi connectivity index (χ0v) is 13.0. The number of nitrogens with zero attached hydrogens (tertiary/aromatic N) is 2. The van der Waals surface area contributed by atoms with Crippen molar-refractivity contribution in [1.82, 2.24) is 10.1 Å². The monoisotopic (exact) mass is 288 g/mol. The van der Waals surface area contributed by atoms with Gasteiger partial charge in [0.05, 0.1) is 12.3 Å². The summed E-state index contributed by atoms with van der Waals surface area (Å²) in [4.78, 5) is 2.17. The van der Waals surface area contributed by atoms with Crippen LogP contribution in [0.4, 0.5) is 0 Å². The third-order valence-electron chi connectivity index (χ3n) is 3.35. The second kappa shape index (κ2) is 6.87. The van der Waals surface area contributed by atoms with Crippen LogP contribution in [-0.4, -0.2) is 28.3 Å². The number of aromatic nitrogens is 1. The number of aliphatic hydroxyl groups is 1. The van der Waals surface area contributed by atoms with E-state index < -0.39 is 0 Å². The van der Waals surface area contributed by atoms with Gasteiger partial charge in [0.1, 0.15) is 5.76 Å². The molecule has 0 amide bonds. The molecule has 2 aromatic rings. The van der Waals surface area contributed by atoms with E-state index in [1.807, 2.05) is 24.3 Å². The molecule has 4 nitrogen and oxygen atoms in total. The lowest BCUT2D eigenvalue weighted by Crippen LogP contribution is -2.26. The maximum Gasteiger partial charge on any atom is 0.142 e. The highest BCUT2D eigenvalue weighted by Crippen LogP contribution is 2.23. The third-order valence-corrected chi connectivity index (χ3v) is 3.35. The van der Waals surface area contributed by atoms with Crippen LogP contribution in [-0.2, 0) is 18.5 Å². The Hall–Kier alpha value is -1.65. The molecule has 1 heterocycles. The van der Waals surface area contributed by atoms with Gasteiger partial charge in [-0.2, -0.15) is 0 Å². The van der Waals surface area contributed by atoms with E-state index in [4.69, 9.17) is 4.52 Å². The van der Waals surface area contributed by atoms with Gasteiger partial charge >= 0.3 is 0 Å². The molecule has 2 rings (SSSR count). The van der Waals surface area contributed by atoms with Gasteiger partial charge in [0, 0.05) is 31.1 Å². The van der Waals surface area contributed by atoms with Crippen molar-refractivity contribution in [2.24, 2.45) is 0 Å². The summed E-state index contributed by atoms with van der Waals surface area (Å²) >= 11 is 0. The van der Waals surface area contributed by atoms with Crippen LogP contribution >= 0.6 is 0 Å². The molecule has 0 aliphatic carbocycles. The van der Waals surface area contributed by atoms with Crippen LogP contribution in [0.2, 0.25) is 0 Å². The molecule has 0 spiro atoms. The van der Waals surface area contributed by atoms with Gasteiger partial charge in [-0.15, -0.1) is 0 Å². The van der Waals surface area contributed by atoms with E-state index in [1.165, 1.54) is 5.56 Å². The van der Waals surface area contributed by atoms with Crippen LogP contribution in [0.25, 0.3) is 0 Å². The molecular formula is C17H24N2O2. The first kappa shape index (κ1) is 15.7. The fourth-order valence-corrected chi connectivity index (χ4v) is 2.17. The van der Waals surface area contributed by atoms with Gasteiger partial charge in [0.15, 0.2) is 0 Å². The van der Waals surface area contributed by atoms with Crippen molar-refractivity contribution < 1.29 is 9.63 Å². The zero-order valence-electron chi connectivity index (χ0n) is 13.0. The molecule has 1 N–H and O–H groups in total. The first-order chi connectivity index (χ1) is 9.99. The zero-order chi connectivity index (χ0) is 15.3. The molecule has 1 aromatic carbocycles. The van der Waals surface area contributed by atoms with E-state index in [2.05, 4.69) is 43.0 Å². The largest absolute Gasteiger partial charge is 0.395 e. The Bertz CT molecular complexity index is 543. The van der Waals surface area contributed by atoms with E-state index in [0.29, 0.717) is 13.1 Å². The lowest BCUT2D eigenvalue weighted by atomic mass is 9.93. The predicted octanol–water partition coefficient (Wildman–Crippen LogP) is 2.97. The van der Waals surface area contributed by atoms with Crippen molar-refractivity contribution in [2.45, 2.75) is 39.3 Å². The standard InChI is InChI=1S/C17H24N2O2/c1-17(2,3)16-11-15(18-21-16)13-19(9-10-20)12-14-7-5-4-6-8-14/h4-8,11,20H,9-10,12-13H2,1-3H3. The number of rotatable bonds is 6. The molecule has 0 saturated carbocycles. The minimum Gasteiger partial charge on any atom is -0.395 e. The Balaban J connectivity index is 2.04. The fraction of sp³-hybridized carbons (Fsp3) is 0.471. The third kappa shape index (κ3) is 4.69. The first-order valence-corrected chi connectivity index (χ1v) is 7.32. The number of aliphatic hydroxyl groups excluding tert-OH is 1. The van der Waals surface area contributed by atoms with E-state index >= 15 is 0 Å². The summed E-state index contributed by atoms with van der Waals surface area (Å²) in [5.41, 5.74) is 2.10. The average molecular weight is 288 g/mol. The number of hydrogen-bond acceptors (Lipinski definition) is 4. The quantitative estimate of drug-likeness (QED) is 0.888. The van der Waals surface area contributed by atoms with Crippen molar-refractivity contribution in [3.63, 3.8) is 0 Å². The summed E-state index contributed by atoms with van der Waals surface area (Å²) in [6, 6.07) is 12.3. The predicted molar refractivity (Wildman–Crippen MR) is 82.8 cm³/mol. The van der Waals surface area contributed by atoms with Crippen molar-refractivity contribution in [3.8, 4) is 0 Å². The summed E-state index contributed by atoms with van der Waals surface area (Å²) < 4.78 is 5.42. The van der Waals surface area contributed by atoms with E-state index in [9.17, 15) is 5.11 Å². The Morgan fingerprint density at radius 3 is 2.43 bits per heavy atom. The molecule has 114 valence electrons. The highest BCUT2D eigenvalue weighted by Gasteiger charge is 2.20. The van der Waals surface area contributed by atoms with Crippen molar-refractivity contribution >= 4 is 0 Å². The maximum atomic E-state index is 9.24. The average Bonchev–Trinajstić information content (AvgIpc) is 2.89. The highest BCUT2D eigenvalue weighted by atomic mass is 16.5. The molecule has 0 fully saturated rings. The van der Waals surface area contributed by atoms with Crippen LogP contribution in [0.5, 0.6) is 0 Å². The molecule has 0 aliphatic rings. The van der Waals surface area contributed by atoms with Crippen LogP contribution in [0, 0.1) is 0 Å². The Kier molecular flexibility index (Phi) is 5.15. The van der Waals surface area contributed by atoms with Crippen molar-refractivity contribution in [1.29, 1.82) is 0 Å². The van der Waals surface area contributed by atoms with Crippen molar-refractivity contribution in [3.05, 3.63) is 53.4 Å². The van der Waals surface area contributed by atoms with Crippen LogP contribution in [0.15, 0.2) is 40.9 Å². The second-order valence-electron chi connectivity index (χ2n) is 6.35. The Labute approximate surface area is 126 Å². The Morgan fingerprint density at radius 2 is 1.86 bits per heavy atom. The molecule has 21 heavy (non-hydrogen) atoms. The number of hydrogen-bond donors (Lipinski definition) is 1. The summed E-state index contributed by atoms with van der Waals surface area (Å²) in [5.74, 6) is 0.890. The Morgan fingerprint density at radius 1 is 1.14 bits per heavy atom. The second-order valence-corrected chi connectivity index (χ2v) is 6.35. The van der Waals surface area contributed by atoms with Gasteiger partial charge in [0.2, 0.25) is 0 Å². The number of benzene rings is 1. The molecule has 0 bridgehead atoms. The first-order valence-electron chi connectivity index (χ1n) is 7.32. The molecule has 0 aliphatic heterocycles. The van der Waals surface area contributed by atoms with Crippen LogP contribution in [0.1, 0.15) is 37.8 Å². The van der Waals surface area contributed by atoms with Crippen LogP contribution in [0.3, 0.4) is 0 Å². The molecule has 0 unspecified atom stereocenters. The normalized spacial score (nSPS) is 12.0. The van der Waals surface area contributed by atoms with Gasteiger partial charge < -0.3 is 9.63 Å². The molecular weight excluding hydrogens is 264 g/mol. The summed E-state index contributed by atoms with van der Waals surface area (Å²) in [6.07, 6.45) is 0. The topological polar surface area (TPSA) is 49.5 Å². The molecule has 0 radical (unpaired) electrons. The lowest BCUT2D eigenvalue weighted by Gasteiger charge is -2.20. The molecule has 0 atom stereocenters. The van der Waals surface area contributed by atoms with Gasteiger partial charge in [-0.25, -0.2) is 0 Å². The van der Waals surface area contributed by atoms with E-state index in [0.717, 1.165) is 18.0 Å². The summed E-state index contributed by atoms with van der Waals surface area (Å²) in [6.45, 7) is 8.53. The van der Waals surface area contributed by atoms with Gasteiger partial charge in [-0.05, 0) is 5.56 Å². The fourth-order valence-electron chi connectivity index (χ4n) is 2.17. The highest BCUT2D eigenvalue weighted by molar-refractivity contribution is 5.16. The lowest BCUT2D eigenvalue weighted by molar-refractivity contribution is 0.180. The van der Waals surface area contributed by atoms with Gasteiger partial charge in [0.25, 0.3) is 0 Å². The smallest absolute Gasteiger partial charge is 0.142 e. The summed E-state index contributed by atoms with van der Waals surface area (Å²) in [7, 11) is 0. The minimum atomic E-state index is -0.0352. The minimum absolute atomic E-state index is 0.0352. The van der Waals surface area contributed by atoms with Crippen molar-refractivity contribution in [2.75, 3.05) is 13.2 Å². The SMILES string of the molecule is CC(C)(C)c1cc(CN(CCO)Cc2ccccc2)no1. The summed E-state index contributed by atoms with van der Waals surface area (Å²) in [5, 5.41) is 13.4. The molecule has 0 saturated heterocycles. The van der Waals surface area contributed by atoms with E-state index in [-0.39, 0.29) is 12.0 Å². The molecule has 1 aromatic heterocycles. The maximum absolute atomic E-state index is 9.24. The molecule has 4 heteroatoms. The van der Waals surface area contributed by atoms with Gasteiger partial charge in [-0.3, -0.25) is 4.90 Å². The van der Waals surface area contributed by atoms with E-state index in [1.54, 1.807) is 0 Å². The van der Waals surface area contributed by atoms with Crippen LogP contribution < -0.4 is 0 Å².